The van der Waals surface area contributed by atoms with Crippen LogP contribution in [0.2, 0.25) is 0 Å². The van der Waals surface area contributed by atoms with Gasteiger partial charge >= 0.3 is 0 Å². The first kappa shape index (κ1) is 10.6. The maximum absolute atomic E-state index is 11.9. The molecule has 0 radical (unpaired) electrons. The Labute approximate surface area is 97.4 Å². The first-order valence-corrected chi connectivity index (χ1v) is 5.89. The summed E-state index contributed by atoms with van der Waals surface area (Å²) in [4.78, 5) is 15.9. The Balaban J connectivity index is 2.03. The second-order valence-corrected chi connectivity index (χ2v) is 4.77. The Morgan fingerprint density at radius 1 is 1.60 bits per heavy atom. The standard InChI is InChI=1S/C11H13BrN2O/c1-2-11(5-6-11)10(15)14-8-3-4-9(12)13-7-8/h3-4,7H,2,5-6H2,1H3,(H,14,15). The number of aromatic nitrogens is 1. The highest BCUT2D eigenvalue weighted by Gasteiger charge is 2.47. The molecule has 1 aromatic heterocycles. The predicted molar refractivity (Wildman–Crippen MR) is 62.5 cm³/mol. The van der Waals surface area contributed by atoms with Gasteiger partial charge in [-0.3, -0.25) is 4.79 Å². The zero-order chi connectivity index (χ0) is 10.9. The number of anilines is 1. The molecule has 0 aromatic carbocycles. The van der Waals surface area contributed by atoms with Crippen LogP contribution in [-0.4, -0.2) is 10.9 Å². The van der Waals surface area contributed by atoms with Crippen LogP contribution < -0.4 is 5.32 Å². The second-order valence-electron chi connectivity index (χ2n) is 3.96. The molecule has 0 bridgehead atoms. The van der Waals surface area contributed by atoms with Crippen LogP contribution in [0.25, 0.3) is 0 Å². The lowest BCUT2D eigenvalue weighted by molar-refractivity contribution is -0.121. The van der Waals surface area contributed by atoms with E-state index in [4.69, 9.17) is 0 Å². The number of nitrogens with zero attached hydrogens (tertiary/aromatic N) is 1. The molecule has 1 heterocycles. The molecule has 1 aromatic rings. The van der Waals surface area contributed by atoms with Gasteiger partial charge in [-0.2, -0.15) is 0 Å². The van der Waals surface area contributed by atoms with Crippen molar-refractivity contribution in [1.82, 2.24) is 4.98 Å². The minimum atomic E-state index is -0.0902. The van der Waals surface area contributed by atoms with Gasteiger partial charge in [-0.15, -0.1) is 0 Å². The third kappa shape index (κ3) is 2.20. The highest BCUT2D eigenvalue weighted by molar-refractivity contribution is 9.10. The van der Waals surface area contributed by atoms with E-state index in [1.54, 1.807) is 6.20 Å². The fraction of sp³-hybridized carbons (Fsp3) is 0.455. The van der Waals surface area contributed by atoms with Crippen molar-refractivity contribution in [2.45, 2.75) is 26.2 Å². The average Bonchev–Trinajstić information content (AvgIpc) is 3.02. The highest BCUT2D eigenvalue weighted by atomic mass is 79.9. The van der Waals surface area contributed by atoms with Gasteiger partial charge in [0.25, 0.3) is 0 Å². The lowest BCUT2D eigenvalue weighted by atomic mass is 10.0. The monoisotopic (exact) mass is 268 g/mol. The summed E-state index contributed by atoms with van der Waals surface area (Å²) in [5.74, 6) is 0.133. The van der Waals surface area contributed by atoms with E-state index in [9.17, 15) is 4.79 Å². The first-order valence-electron chi connectivity index (χ1n) is 5.09. The van der Waals surface area contributed by atoms with E-state index in [0.29, 0.717) is 0 Å². The Morgan fingerprint density at radius 3 is 2.80 bits per heavy atom. The summed E-state index contributed by atoms with van der Waals surface area (Å²) in [7, 11) is 0. The van der Waals surface area contributed by atoms with Crippen molar-refractivity contribution in [2.24, 2.45) is 5.41 Å². The molecule has 2 rings (SSSR count). The van der Waals surface area contributed by atoms with Crippen LogP contribution in [0.15, 0.2) is 22.9 Å². The quantitative estimate of drug-likeness (QED) is 0.857. The van der Waals surface area contributed by atoms with Gasteiger partial charge in [-0.25, -0.2) is 4.98 Å². The van der Waals surface area contributed by atoms with Gasteiger partial charge in [0.2, 0.25) is 5.91 Å². The van der Waals surface area contributed by atoms with Crippen molar-refractivity contribution in [3.63, 3.8) is 0 Å². The fourth-order valence-corrected chi connectivity index (χ4v) is 1.84. The van der Waals surface area contributed by atoms with Crippen LogP contribution in [-0.2, 0) is 4.79 Å². The highest BCUT2D eigenvalue weighted by Crippen LogP contribution is 2.49. The lowest BCUT2D eigenvalue weighted by Gasteiger charge is -2.12. The predicted octanol–water partition coefficient (Wildman–Crippen LogP) is 2.97. The molecule has 1 fully saturated rings. The lowest BCUT2D eigenvalue weighted by Crippen LogP contribution is -2.23. The van der Waals surface area contributed by atoms with Crippen LogP contribution in [0.3, 0.4) is 0 Å². The summed E-state index contributed by atoms with van der Waals surface area (Å²) in [5, 5.41) is 2.90. The van der Waals surface area contributed by atoms with Crippen molar-refractivity contribution >= 4 is 27.5 Å². The molecule has 0 unspecified atom stereocenters. The van der Waals surface area contributed by atoms with E-state index in [2.05, 4.69) is 33.2 Å². The van der Waals surface area contributed by atoms with Crippen molar-refractivity contribution in [1.29, 1.82) is 0 Å². The molecule has 4 heteroatoms. The van der Waals surface area contributed by atoms with Crippen LogP contribution in [0, 0.1) is 5.41 Å². The molecular weight excluding hydrogens is 256 g/mol. The van der Waals surface area contributed by atoms with E-state index in [1.165, 1.54) is 0 Å². The maximum atomic E-state index is 11.9. The van der Waals surface area contributed by atoms with Crippen molar-refractivity contribution < 1.29 is 4.79 Å². The van der Waals surface area contributed by atoms with Gasteiger partial charge in [-0.05, 0) is 47.3 Å². The molecular formula is C11H13BrN2O. The molecule has 15 heavy (non-hydrogen) atoms. The smallest absolute Gasteiger partial charge is 0.230 e. The van der Waals surface area contributed by atoms with Crippen LogP contribution in [0.5, 0.6) is 0 Å². The number of hydrogen-bond donors (Lipinski definition) is 1. The van der Waals surface area contributed by atoms with E-state index in [1.807, 2.05) is 12.1 Å². The van der Waals surface area contributed by atoms with Gasteiger partial charge in [0.15, 0.2) is 0 Å². The van der Waals surface area contributed by atoms with Crippen LogP contribution in [0.1, 0.15) is 26.2 Å². The fourth-order valence-electron chi connectivity index (χ4n) is 1.61. The largest absolute Gasteiger partial charge is 0.324 e. The molecule has 1 N–H and O–H groups in total. The first-order chi connectivity index (χ1) is 7.16. The van der Waals surface area contributed by atoms with Crippen LogP contribution >= 0.6 is 15.9 Å². The van der Waals surface area contributed by atoms with Gasteiger partial charge < -0.3 is 5.32 Å². The topological polar surface area (TPSA) is 42.0 Å². The minimum Gasteiger partial charge on any atom is -0.324 e. The van der Waals surface area contributed by atoms with Gasteiger partial charge in [0.05, 0.1) is 11.9 Å². The molecule has 1 amide bonds. The third-order valence-electron chi connectivity index (χ3n) is 3.00. The normalized spacial score (nSPS) is 17.2. The van der Waals surface area contributed by atoms with Crippen molar-refractivity contribution in [2.75, 3.05) is 5.32 Å². The van der Waals surface area contributed by atoms with E-state index < -0.39 is 0 Å². The number of carbonyl (C=O) groups excluding carboxylic acids is 1. The number of hydrogen-bond acceptors (Lipinski definition) is 2. The van der Waals surface area contributed by atoms with E-state index in [-0.39, 0.29) is 11.3 Å². The average molecular weight is 269 g/mol. The summed E-state index contributed by atoms with van der Waals surface area (Å²) in [6.07, 6.45) is 4.61. The molecule has 80 valence electrons. The summed E-state index contributed by atoms with van der Waals surface area (Å²) >= 11 is 3.25. The molecule has 1 aliphatic carbocycles. The Kier molecular flexibility index (Phi) is 2.78. The molecule has 3 nitrogen and oxygen atoms in total. The van der Waals surface area contributed by atoms with Crippen molar-refractivity contribution in [3.8, 4) is 0 Å². The number of halogens is 1. The zero-order valence-corrected chi connectivity index (χ0v) is 10.2. The number of pyridine rings is 1. The molecule has 1 aliphatic rings. The second kappa shape index (κ2) is 3.93. The third-order valence-corrected chi connectivity index (χ3v) is 3.47. The summed E-state index contributed by atoms with van der Waals surface area (Å²) in [6.45, 7) is 2.06. The Hall–Kier alpha value is -0.900. The molecule has 1 saturated carbocycles. The number of rotatable bonds is 3. The van der Waals surface area contributed by atoms with Gasteiger partial charge in [0, 0.05) is 5.41 Å². The number of nitrogens with one attached hydrogen (secondary N) is 1. The SMILES string of the molecule is CCC1(C(=O)Nc2ccc(Br)nc2)CC1. The Morgan fingerprint density at radius 2 is 2.33 bits per heavy atom. The Bertz CT molecular complexity index is 371. The number of carbonyl (C=O) groups is 1. The van der Waals surface area contributed by atoms with Crippen molar-refractivity contribution in [3.05, 3.63) is 22.9 Å². The van der Waals surface area contributed by atoms with E-state index in [0.717, 1.165) is 29.6 Å². The minimum absolute atomic E-state index is 0.0902. The molecule has 0 atom stereocenters. The summed E-state index contributed by atoms with van der Waals surface area (Å²) < 4.78 is 0.775. The van der Waals surface area contributed by atoms with E-state index >= 15 is 0 Å². The maximum Gasteiger partial charge on any atom is 0.230 e. The number of amides is 1. The zero-order valence-electron chi connectivity index (χ0n) is 8.59. The molecule has 0 saturated heterocycles. The van der Waals surface area contributed by atoms with Gasteiger partial charge in [-0.1, -0.05) is 6.92 Å². The summed E-state index contributed by atoms with van der Waals surface area (Å²) in [5.41, 5.74) is 0.676. The molecule has 0 spiro atoms. The summed E-state index contributed by atoms with van der Waals surface area (Å²) in [6, 6.07) is 3.67. The van der Waals surface area contributed by atoms with Crippen LogP contribution in [0.4, 0.5) is 5.69 Å². The molecule has 0 aliphatic heterocycles. The van der Waals surface area contributed by atoms with Gasteiger partial charge in [0.1, 0.15) is 4.60 Å².